The monoisotopic (exact) mass is 646 g/mol. The summed E-state index contributed by atoms with van der Waals surface area (Å²) in [7, 11) is 0. The van der Waals surface area contributed by atoms with Gasteiger partial charge in [-0.05, 0) is 29.8 Å². The molecule has 1 saturated heterocycles. The van der Waals surface area contributed by atoms with Gasteiger partial charge in [-0.3, -0.25) is 24.0 Å². The third kappa shape index (κ3) is 7.34. The molecule has 0 unspecified atom stereocenters. The average Bonchev–Trinajstić information content (AvgIpc) is 2.91. The second-order valence-corrected chi connectivity index (χ2v) is 10.2. The molecule has 2 aromatic carbocycles. The Labute approximate surface area is 247 Å². The van der Waals surface area contributed by atoms with E-state index in [1.54, 1.807) is 12.1 Å². The van der Waals surface area contributed by atoms with Crippen LogP contribution in [0, 0.1) is 0 Å². The van der Waals surface area contributed by atoms with Gasteiger partial charge in [0.15, 0.2) is 17.6 Å². The summed E-state index contributed by atoms with van der Waals surface area (Å²) in [4.78, 5) is 60.7. The molecule has 222 valence electrons. The number of carbonyl (C=O) groups excluding carboxylic acids is 4. The molecule has 5 atom stereocenters. The fourth-order valence-electron chi connectivity index (χ4n) is 4.43. The van der Waals surface area contributed by atoms with Crippen LogP contribution < -0.4 is 10.2 Å². The summed E-state index contributed by atoms with van der Waals surface area (Å²) in [5.41, 5.74) is 0.969. The van der Waals surface area contributed by atoms with Gasteiger partial charge in [-0.2, -0.15) is 0 Å². The molecule has 0 N–H and O–H groups in total. The molecule has 3 aromatic rings. The largest absolute Gasteiger partial charge is 0.463 e. The summed E-state index contributed by atoms with van der Waals surface area (Å²) in [6.07, 6.45) is -5.39. The smallest absolute Gasteiger partial charge is 0.303 e. The van der Waals surface area contributed by atoms with Crippen molar-refractivity contribution in [2.75, 3.05) is 6.61 Å². The number of benzene rings is 2. The fraction of sp³-hybridized carbons (Fsp3) is 0.345. The predicted molar refractivity (Wildman–Crippen MR) is 148 cm³/mol. The van der Waals surface area contributed by atoms with Crippen LogP contribution in [-0.2, 0) is 42.9 Å². The Morgan fingerprint density at radius 2 is 1.43 bits per heavy atom. The van der Waals surface area contributed by atoms with E-state index < -0.39 is 61.2 Å². The van der Waals surface area contributed by atoms with Crippen molar-refractivity contribution in [1.29, 1.82) is 0 Å². The lowest BCUT2D eigenvalue weighted by molar-refractivity contribution is -0.288. The lowest BCUT2D eigenvalue weighted by Crippen LogP contribution is -2.63. The molecule has 1 aliphatic rings. The van der Waals surface area contributed by atoms with Crippen LogP contribution >= 0.6 is 15.9 Å². The number of halogens is 1. The molecule has 1 fully saturated rings. The number of esters is 4. The van der Waals surface area contributed by atoms with Gasteiger partial charge in [0.25, 0.3) is 0 Å². The first-order chi connectivity index (χ1) is 19.9. The highest BCUT2D eigenvalue weighted by Crippen LogP contribution is 2.32. The highest BCUT2D eigenvalue weighted by atomic mass is 79.9. The maximum absolute atomic E-state index is 13.2. The zero-order chi connectivity index (χ0) is 30.6. The zero-order valence-electron chi connectivity index (χ0n) is 23.0. The van der Waals surface area contributed by atoms with Crippen molar-refractivity contribution < 1.29 is 52.0 Å². The molecule has 0 spiro atoms. The van der Waals surface area contributed by atoms with E-state index in [-0.39, 0.29) is 22.1 Å². The first-order valence-corrected chi connectivity index (χ1v) is 13.5. The normalized spacial score (nSPS) is 21.7. The first kappa shape index (κ1) is 30.7. The molecule has 0 bridgehead atoms. The van der Waals surface area contributed by atoms with Gasteiger partial charge in [-0.25, -0.2) is 0 Å². The van der Waals surface area contributed by atoms with Crippen molar-refractivity contribution in [1.82, 2.24) is 0 Å². The summed E-state index contributed by atoms with van der Waals surface area (Å²) in [5.74, 6) is -2.78. The highest BCUT2D eigenvalue weighted by Gasteiger charge is 2.53. The van der Waals surface area contributed by atoms with Crippen LogP contribution in [0.3, 0.4) is 0 Å². The number of hydrogen-bond donors (Lipinski definition) is 0. The van der Waals surface area contributed by atoms with Gasteiger partial charge in [0.1, 0.15) is 30.3 Å². The topological polar surface area (TPSA) is 154 Å². The van der Waals surface area contributed by atoms with Crippen LogP contribution in [0.4, 0.5) is 0 Å². The SMILES string of the molecule is CC(=O)OC[C@@H]1O[C@H](Oc2ccc3c(=O)c(-c4ccc(Br)cc4)coc3c2)[C@H](OC(C)=O)[C@H](OC(C)=O)[C@H]1OC(C)=O. The lowest BCUT2D eigenvalue weighted by Gasteiger charge is -2.43. The summed E-state index contributed by atoms with van der Waals surface area (Å²) < 4.78 is 39.8. The van der Waals surface area contributed by atoms with E-state index >= 15 is 0 Å². The van der Waals surface area contributed by atoms with Crippen molar-refractivity contribution in [3.05, 3.63) is 63.4 Å². The highest BCUT2D eigenvalue weighted by molar-refractivity contribution is 9.10. The molecule has 1 aromatic heterocycles. The van der Waals surface area contributed by atoms with Gasteiger partial charge in [-0.1, -0.05) is 28.1 Å². The Morgan fingerprint density at radius 1 is 0.810 bits per heavy atom. The molecule has 42 heavy (non-hydrogen) atoms. The van der Waals surface area contributed by atoms with Crippen molar-refractivity contribution in [3.63, 3.8) is 0 Å². The Kier molecular flexibility index (Phi) is 9.63. The number of fused-ring (bicyclic) bond motifs is 1. The van der Waals surface area contributed by atoms with E-state index in [4.69, 9.17) is 32.8 Å². The van der Waals surface area contributed by atoms with E-state index in [9.17, 15) is 24.0 Å². The third-order valence-corrected chi connectivity index (χ3v) is 6.63. The summed E-state index contributed by atoms with van der Waals surface area (Å²) in [6.45, 7) is 4.15. The van der Waals surface area contributed by atoms with Gasteiger partial charge in [0, 0.05) is 38.2 Å². The quantitative estimate of drug-likeness (QED) is 0.259. The first-order valence-electron chi connectivity index (χ1n) is 12.7. The molecule has 13 heteroatoms. The molecule has 2 heterocycles. The summed E-state index contributed by atoms with van der Waals surface area (Å²) in [6, 6.07) is 11.6. The van der Waals surface area contributed by atoms with Gasteiger partial charge >= 0.3 is 23.9 Å². The Morgan fingerprint density at radius 3 is 2.05 bits per heavy atom. The Balaban J connectivity index is 1.70. The summed E-state index contributed by atoms with van der Waals surface area (Å²) >= 11 is 3.37. The van der Waals surface area contributed by atoms with Gasteiger partial charge < -0.3 is 32.8 Å². The van der Waals surface area contributed by atoms with Crippen LogP contribution in [0.5, 0.6) is 5.75 Å². The Bertz CT molecular complexity index is 1550. The van der Waals surface area contributed by atoms with Gasteiger partial charge in [0.2, 0.25) is 12.4 Å². The van der Waals surface area contributed by atoms with Gasteiger partial charge in [0.05, 0.1) is 10.9 Å². The van der Waals surface area contributed by atoms with Crippen LogP contribution in [0.25, 0.3) is 22.1 Å². The Hall–Kier alpha value is -4.23. The van der Waals surface area contributed by atoms with Crippen molar-refractivity contribution in [2.45, 2.75) is 58.4 Å². The molecule has 0 saturated carbocycles. The number of hydrogen-bond acceptors (Lipinski definition) is 12. The van der Waals surface area contributed by atoms with Crippen LogP contribution in [-0.4, -0.2) is 61.2 Å². The van der Waals surface area contributed by atoms with Gasteiger partial charge in [-0.15, -0.1) is 0 Å². The van der Waals surface area contributed by atoms with Crippen LogP contribution in [0.2, 0.25) is 0 Å². The molecular weight excluding hydrogens is 620 g/mol. The molecule has 4 rings (SSSR count). The molecular formula is C29H27BrO12. The zero-order valence-corrected chi connectivity index (χ0v) is 24.6. The molecule has 12 nitrogen and oxygen atoms in total. The van der Waals surface area contributed by atoms with E-state index in [2.05, 4.69) is 15.9 Å². The second-order valence-electron chi connectivity index (χ2n) is 9.33. The number of rotatable bonds is 8. The maximum atomic E-state index is 13.2. The van der Waals surface area contributed by atoms with Crippen molar-refractivity contribution in [2.24, 2.45) is 0 Å². The molecule has 0 aliphatic carbocycles. The minimum atomic E-state index is -1.43. The van der Waals surface area contributed by atoms with E-state index in [0.29, 0.717) is 11.1 Å². The molecule has 1 aliphatic heterocycles. The number of ether oxygens (including phenoxy) is 6. The minimum Gasteiger partial charge on any atom is -0.463 e. The molecule has 0 amide bonds. The maximum Gasteiger partial charge on any atom is 0.303 e. The van der Waals surface area contributed by atoms with E-state index in [0.717, 1.165) is 25.2 Å². The van der Waals surface area contributed by atoms with Crippen molar-refractivity contribution in [3.8, 4) is 16.9 Å². The minimum absolute atomic E-state index is 0.142. The van der Waals surface area contributed by atoms with E-state index in [1.165, 1.54) is 31.4 Å². The number of carbonyl (C=O) groups is 4. The van der Waals surface area contributed by atoms with Crippen LogP contribution in [0.1, 0.15) is 27.7 Å². The lowest BCUT2D eigenvalue weighted by atomic mass is 9.98. The van der Waals surface area contributed by atoms with Crippen molar-refractivity contribution >= 4 is 50.8 Å². The second kappa shape index (κ2) is 13.2. The standard InChI is InChI=1S/C29H27BrO12/c1-14(31)36-13-24-26(38-15(2)32)27(39-16(3)33)28(40-17(4)34)29(42-24)41-20-9-10-21-23(11-20)37-12-22(25(21)35)18-5-7-19(30)8-6-18/h5-12,24,26-29H,13H2,1-4H3/t24-,26-,27+,28+,29-/m0/s1. The van der Waals surface area contributed by atoms with Crippen LogP contribution in [0.15, 0.2) is 62.4 Å². The predicted octanol–water partition coefficient (Wildman–Crippen LogP) is 3.68. The fourth-order valence-corrected chi connectivity index (χ4v) is 4.69. The third-order valence-electron chi connectivity index (χ3n) is 6.10. The molecule has 0 radical (unpaired) electrons. The van der Waals surface area contributed by atoms with E-state index in [1.807, 2.05) is 12.1 Å². The average molecular weight is 647 g/mol. The summed E-state index contributed by atoms with van der Waals surface area (Å²) in [5, 5.41) is 0.282.